The lowest BCUT2D eigenvalue weighted by Crippen LogP contribution is -2.41. The van der Waals surface area contributed by atoms with Crippen LogP contribution in [0, 0.1) is 5.92 Å². The van der Waals surface area contributed by atoms with E-state index < -0.39 is 0 Å². The predicted molar refractivity (Wildman–Crippen MR) is 97.6 cm³/mol. The number of hydrogen-bond donors (Lipinski definition) is 1. The Labute approximate surface area is 145 Å². The predicted octanol–water partition coefficient (Wildman–Crippen LogP) is 4.94. The molecule has 3 nitrogen and oxygen atoms in total. The van der Waals surface area contributed by atoms with Crippen LogP contribution in [0.5, 0.6) is 0 Å². The molecule has 2 amide bonds. The van der Waals surface area contributed by atoms with Gasteiger partial charge in [-0.15, -0.1) is 0 Å². The largest absolute Gasteiger partial charge is 0.325 e. The first-order valence-corrected chi connectivity index (χ1v) is 8.85. The summed E-state index contributed by atoms with van der Waals surface area (Å²) in [5, 5.41) is 2.97. The molecule has 3 rings (SSSR count). The lowest BCUT2D eigenvalue weighted by atomic mass is 9.90. The van der Waals surface area contributed by atoms with Crippen LogP contribution in [0.25, 0.3) is 0 Å². The number of hydrogen-bond acceptors (Lipinski definition) is 1. The number of anilines is 1. The molecule has 2 aromatic carbocycles. The molecule has 0 spiro atoms. The van der Waals surface area contributed by atoms with E-state index in [1.54, 1.807) is 0 Å². The van der Waals surface area contributed by atoms with Gasteiger partial charge >= 0.3 is 6.03 Å². The molecular weight excluding hydrogens is 352 g/mol. The van der Waals surface area contributed by atoms with Crippen molar-refractivity contribution in [2.75, 3.05) is 18.4 Å². The van der Waals surface area contributed by atoms with Crippen molar-refractivity contribution in [3.8, 4) is 0 Å². The molecular formula is C19H21BrN2O. The van der Waals surface area contributed by atoms with Crippen molar-refractivity contribution in [3.63, 3.8) is 0 Å². The smallest absolute Gasteiger partial charge is 0.321 e. The number of nitrogens with zero attached hydrogens (tertiary/aromatic N) is 1. The first-order valence-electron chi connectivity index (χ1n) is 8.06. The highest BCUT2D eigenvalue weighted by molar-refractivity contribution is 9.10. The molecule has 120 valence electrons. The first-order chi connectivity index (χ1) is 11.2. The van der Waals surface area contributed by atoms with Gasteiger partial charge in [-0.3, -0.25) is 0 Å². The average molecular weight is 373 g/mol. The molecule has 4 heteroatoms. The Hall–Kier alpha value is -1.81. The van der Waals surface area contributed by atoms with Gasteiger partial charge in [-0.1, -0.05) is 52.3 Å². The van der Waals surface area contributed by atoms with Crippen molar-refractivity contribution < 1.29 is 4.79 Å². The van der Waals surface area contributed by atoms with E-state index in [0.717, 1.165) is 42.5 Å². The van der Waals surface area contributed by atoms with Gasteiger partial charge in [-0.05, 0) is 48.9 Å². The van der Waals surface area contributed by atoms with E-state index in [1.165, 1.54) is 5.56 Å². The monoisotopic (exact) mass is 372 g/mol. The number of rotatable bonds is 3. The molecule has 0 bridgehead atoms. The number of piperidine rings is 1. The average Bonchev–Trinajstić information content (AvgIpc) is 2.56. The SMILES string of the molecule is O=C(Nc1cccc(Br)c1)N1CCC(Cc2ccccc2)CC1. The Morgan fingerprint density at radius 3 is 2.52 bits per heavy atom. The molecule has 0 unspecified atom stereocenters. The van der Waals surface area contributed by atoms with E-state index >= 15 is 0 Å². The molecule has 0 saturated carbocycles. The van der Waals surface area contributed by atoms with Gasteiger partial charge in [-0.2, -0.15) is 0 Å². The van der Waals surface area contributed by atoms with Crippen molar-refractivity contribution >= 4 is 27.6 Å². The summed E-state index contributed by atoms with van der Waals surface area (Å²) in [6, 6.07) is 18.3. The lowest BCUT2D eigenvalue weighted by molar-refractivity contribution is 0.182. The Bertz CT molecular complexity index is 651. The quantitative estimate of drug-likeness (QED) is 0.813. The second kappa shape index (κ2) is 7.64. The molecule has 1 fully saturated rings. The fourth-order valence-corrected chi connectivity index (χ4v) is 3.46. The third-order valence-electron chi connectivity index (χ3n) is 4.34. The molecule has 0 radical (unpaired) electrons. The summed E-state index contributed by atoms with van der Waals surface area (Å²) in [4.78, 5) is 14.3. The van der Waals surface area contributed by atoms with Gasteiger partial charge in [0.25, 0.3) is 0 Å². The van der Waals surface area contributed by atoms with Gasteiger partial charge in [0.2, 0.25) is 0 Å². The van der Waals surface area contributed by atoms with Crippen LogP contribution >= 0.6 is 15.9 Å². The van der Waals surface area contributed by atoms with E-state index in [0.29, 0.717) is 5.92 Å². The normalized spacial score (nSPS) is 15.4. The summed E-state index contributed by atoms with van der Waals surface area (Å²) in [5.41, 5.74) is 2.22. The zero-order chi connectivity index (χ0) is 16.1. The van der Waals surface area contributed by atoms with Gasteiger partial charge in [0.05, 0.1) is 0 Å². The molecule has 1 N–H and O–H groups in total. The molecule has 1 aliphatic rings. The fourth-order valence-electron chi connectivity index (χ4n) is 3.06. The minimum Gasteiger partial charge on any atom is -0.325 e. The number of nitrogens with one attached hydrogen (secondary N) is 1. The van der Waals surface area contributed by atoms with Crippen molar-refractivity contribution in [1.82, 2.24) is 4.90 Å². The lowest BCUT2D eigenvalue weighted by Gasteiger charge is -2.32. The van der Waals surface area contributed by atoms with Crippen LogP contribution < -0.4 is 5.32 Å². The van der Waals surface area contributed by atoms with E-state index in [-0.39, 0.29) is 6.03 Å². The van der Waals surface area contributed by atoms with Crippen LogP contribution in [-0.4, -0.2) is 24.0 Å². The zero-order valence-corrected chi connectivity index (χ0v) is 14.6. The van der Waals surface area contributed by atoms with Crippen molar-refractivity contribution in [2.24, 2.45) is 5.92 Å². The first kappa shape index (κ1) is 16.1. The maximum atomic E-state index is 12.3. The maximum Gasteiger partial charge on any atom is 0.321 e. The highest BCUT2D eigenvalue weighted by atomic mass is 79.9. The van der Waals surface area contributed by atoms with E-state index in [1.807, 2.05) is 29.2 Å². The molecule has 23 heavy (non-hydrogen) atoms. The van der Waals surface area contributed by atoms with Crippen molar-refractivity contribution in [1.29, 1.82) is 0 Å². The molecule has 0 aliphatic carbocycles. The molecule has 0 aromatic heterocycles. The summed E-state index contributed by atoms with van der Waals surface area (Å²) < 4.78 is 0.969. The number of benzene rings is 2. The number of amides is 2. The summed E-state index contributed by atoms with van der Waals surface area (Å²) in [5.74, 6) is 0.673. The van der Waals surface area contributed by atoms with E-state index in [2.05, 4.69) is 51.6 Å². The van der Waals surface area contributed by atoms with Crippen LogP contribution in [0.4, 0.5) is 10.5 Å². The molecule has 1 saturated heterocycles. The number of urea groups is 1. The van der Waals surface area contributed by atoms with Gasteiger partial charge in [-0.25, -0.2) is 4.79 Å². The van der Waals surface area contributed by atoms with Crippen molar-refractivity contribution in [3.05, 3.63) is 64.6 Å². The minimum atomic E-state index is 0.00117. The number of carbonyl (C=O) groups excluding carboxylic acids is 1. The van der Waals surface area contributed by atoms with Gasteiger partial charge in [0.15, 0.2) is 0 Å². The topological polar surface area (TPSA) is 32.3 Å². The van der Waals surface area contributed by atoms with Crippen LogP contribution in [0.3, 0.4) is 0 Å². The summed E-state index contributed by atoms with van der Waals surface area (Å²) >= 11 is 3.42. The third-order valence-corrected chi connectivity index (χ3v) is 4.84. The van der Waals surface area contributed by atoms with E-state index in [4.69, 9.17) is 0 Å². The van der Waals surface area contributed by atoms with Crippen molar-refractivity contribution in [2.45, 2.75) is 19.3 Å². The summed E-state index contributed by atoms with van der Waals surface area (Å²) in [6.07, 6.45) is 3.25. The molecule has 2 aromatic rings. The summed E-state index contributed by atoms with van der Waals surface area (Å²) in [7, 11) is 0. The second-order valence-electron chi connectivity index (χ2n) is 6.06. The summed E-state index contributed by atoms with van der Waals surface area (Å²) in [6.45, 7) is 1.66. The maximum absolute atomic E-state index is 12.3. The molecule has 1 aliphatic heterocycles. The van der Waals surface area contributed by atoms with E-state index in [9.17, 15) is 4.79 Å². The van der Waals surface area contributed by atoms with Gasteiger partial charge in [0, 0.05) is 23.2 Å². The standard InChI is InChI=1S/C19H21BrN2O/c20-17-7-4-8-18(14-17)21-19(23)22-11-9-16(10-12-22)13-15-5-2-1-3-6-15/h1-8,14,16H,9-13H2,(H,21,23). The Morgan fingerprint density at radius 2 is 1.83 bits per heavy atom. The Kier molecular flexibility index (Phi) is 5.34. The highest BCUT2D eigenvalue weighted by Crippen LogP contribution is 2.22. The van der Waals surface area contributed by atoms with Crippen LogP contribution in [-0.2, 0) is 6.42 Å². The highest BCUT2D eigenvalue weighted by Gasteiger charge is 2.22. The van der Waals surface area contributed by atoms with Crippen LogP contribution in [0.2, 0.25) is 0 Å². The van der Waals surface area contributed by atoms with Crippen LogP contribution in [0.1, 0.15) is 18.4 Å². The minimum absolute atomic E-state index is 0.00117. The number of halogens is 1. The molecule has 0 atom stereocenters. The Balaban J connectivity index is 1.49. The number of carbonyl (C=O) groups is 1. The fraction of sp³-hybridized carbons (Fsp3) is 0.316. The van der Waals surface area contributed by atoms with Gasteiger partial charge in [0.1, 0.15) is 0 Å². The number of likely N-dealkylation sites (tertiary alicyclic amines) is 1. The Morgan fingerprint density at radius 1 is 1.09 bits per heavy atom. The van der Waals surface area contributed by atoms with Crippen LogP contribution in [0.15, 0.2) is 59.1 Å². The third kappa shape index (κ3) is 4.58. The molecule has 1 heterocycles. The zero-order valence-electron chi connectivity index (χ0n) is 13.0. The van der Waals surface area contributed by atoms with Gasteiger partial charge < -0.3 is 10.2 Å². The second-order valence-corrected chi connectivity index (χ2v) is 6.98.